The van der Waals surface area contributed by atoms with Crippen molar-refractivity contribution in [2.24, 2.45) is 0 Å². The van der Waals surface area contributed by atoms with Crippen molar-refractivity contribution in [3.63, 3.8) is 0 Å². The molecule has 0 fully saturated rings. The summed E-state index contributed by atoms with van der Waals surface area (Å²) >= 11 is 0. The third-order valence-corrected chi connectivity index (χ3v) is 7.41. The number of hydrogen-bond acceptors (Lipinski definition) is 7. The maximum atomic E-state index is 13.6. The van der Waals surface area contributed by atoms with Gasteiger partial charge in [0.05, 0.1) is 18.2 Å². The van der Waals surface area contributed by atoms with Crippen LogP contribution in [0, 0.1) is 0 Å². The summed E-state index contributed by atoms with van der Waals surface area (Å²) in [6.45, 7) is 1.98. The van der Waals surface area contributed by atoms with Crippen LogP contribution in [0.2, 0.25) is 0 Å². The first-order valence-corrected chi connectivity index (χ1v) is 13.8. The Kier molecular flexibility index (Phi) is 7.53. The molecule has 3 aliphatic rings. The zero-order valence-corrected chi connectivity index (χ0v) is 22.5. The molecule has 7 rings (SSSR count). The van der Waals surface area contributed by atoms with Crippen LogP contribution in [-0.2, 0) is 17.8 Å². The van der Waals surface area contributed by atoms with E-state index in [1.165, 1.54) is 18.5 Å². The van der Waals surface area contributed by atoms with Gasteiger partial charge in [0.1, 0.15) is 35.7 Å². The van der Waals surface area contributed by atoms with Gasteiger partial charge in [-0.1, -0.05) is 18.2 Å². The van der Waals surface area contributed by atoms with Gasteiger partial charge in [-0.2, -0.15) is 5.10 Å². The molecule has 1 atom stereocenters. The number of fused-ring (bicyclic) bond motifs is 6. The number of amides is 2. The number of carbonyl (C=O) groups is 2. The van der Waals surface area contributed by atoms with Gasteiger partial charge in [0, 0.05) is 26.1 Å². The molecule has 3 aromatic carbocycles. The molecule has 8 bridgehead atoms. The molecule has 4 aromatic rings. The summed E-state index contributed by atoms with van der Waals surface area (Å²) in [5.74, 6) is 1.35. The van der Waals surface area contributed by atoms with E-state index in [1.54, 1.807) is 17.1 Å². The first-order chi connectivity index (χ1) is 20.0. The Morgan fingerprint density at radius 1 is 1.07 bits per heavy atom. The second kappa shape index (κ2) is 11.7. The lowest BCUT2D eigenvalue weighted by Crippen LogP contribution is -2.40. The van der Waals surface area contributed by atoms with Crippen LogP contribution in [0.25, 0.3) is 0 Å². The normalized spacial score (nSPS) is 16.6. The SMILES string of the molecule is O=C1NCCCOc2cccc(c2)C2c3ccc(cc3CCN2C(=O)CCCn2cncn2)Oc2ccc(O)c1c2. The first kappa shape index (κ1) is 26.4. The van der Waals surface area contributed by atoms with Gasteiger partial charge in [0.15, 0.2) is 0 Å². The fourth-order valence-electron chi connectivity index (χ4n) is 5.41. The van der Waals surface area contributed by atoms with Crippen molar-refractivity contribution in [1.29, 1.82) is 0 Å². The first-order valence-electron chi connectivity index (χ1n) is 13.8. The van der Waals surface area contributed by atoms with Crippen molar-refractivity contribution >= 4 is 11.8 Å². The molecule has 2 amide bonds. The molecule has 3 aliphatic heterocycles. The number of ether oxygens (including phenoxy) is 2. The molecule has 41 heavy (non-hydrogen) atoms. The van der Waals surface area contributed by atoms with Crippen LogP contribution in [0.3, 0.4) is 0 Å². The second-order valence-corrected chi connectivity index (χ2v) is 10.2. The standard InChI is InChI=1S/C31H31N5O5/c37-28-10-8-25-18-27(28)31(39)33-12-3-15-40-23-5-1-4-22(17-23)30-26-9-7-24(41-25)16-21(26)11-14-36(30)29(38)6-2-13-35-20-32-19-34-35/h1,4-5,7-10,16-20,30,37H,2-3,6,11-15H2,(H,33,39). The Morgan fingerprint density at radius 3 is 2.83 bits per heavy atom. The van der Waals surface area contributed by atoms with E-state index in [4.69, 9.17) is 9.47 Å². The van der Waals surface area contributed by atoms with Crippen LogP contribution in [0.15, 0.2) is 73.3 Å². The van der Waals surface area contributed by atoms with E-state index in [1.807, 2.05) is 47.4 Å². The lowest BCUT2D eigenvalue weighted by atomic mass is 9.87. The molecular weight excluding hydrogens is 522 g/mol. The zero-order valence-electron chi connectivity index (χ0n) is 22.5. The highest BCUT2D eigenvalue weighted by Crippen LogP contribution is 2.39. The monoisotopic (exact) mass is 553 g/mol. The predicted octanol–water partition coefficient (Wildman–Crippen LogP) is 4.24. The summed E-state index contributed by atoms with van der Waals surface area (Å²) in [5, 5.41) is 17.2. The molecule has 0 spiro atoms. The van der Waals surface area contributed by atoms with Gasteiger partial charge in [-0.3, -0.25) is 14.3 Å². The van der Waals surface area contributed by atoms with E-state index in [0.29, 0.717) is 69.2 Å². The van der Waals surface area contributed by atoms with Crippen LogP contribution in [0.1, 0.15) is 52.4 Å². The van der Waals surface area contributed by atoms with Gasteiger partial charge in [-0.25, -0.2) is 4.98 Å². The minimum absolute atomic E-state index is 0.0851. The van der Waals surface area contributed by atoms with Crippen molar-refractivity contribution in [3.05, 3.63) is 95.6 Å². The van der Waals surface area contributed by atoms with Crippen LogP contribution in [0.5, 0.6) is 23.0 Å². The highest BCUT2D eigenvalue weighted by Gasteiger charge is 2.32. The molecule has 210 valence electrons. The quantitative estimate of drug-likeness (QED) is 0.388. The summed E-state index contributed by atoms with van der Waals surface area (Å²) in [6.07, 6.45) is 5.48. The summed E-state index contributed by atoms with van der Waals surface area (Å²) in [7, 11) is 0. The smallest absolute Gasteiger partial charge is 0.255 e. The summed E-state index contributed by atoms with van der Waals surface area (Å²) in [4.78, 5) is 32.2. The van der Waals surface area contributed by atoms with E-state index in [0.717, 1.165) is 16.7 Å². The molecule has 2 N–H and O–H groups in total. The Morgan fingerprint density at radius 2 is 1.95 bits per heavy atom. The number of aromatic nitrogens is 3. The highest BCUT2D eigenvalue weighted by atomic mass is 16.5. The number of rotatable bonds is 4. The van der Waals surface area contributed by atoms with Crippen molar-refractivity contribution in [2.45, 2.75) is 38.3 Å². The Bertz CT molecular complexity index is 1550. The van der Waals surface area contributed by atoms with E-state index in [-0.39, 0.29) is 29.2 Å². The summed E-state index contributed by atoms with van der Waals surface area (Å²) < 4.78 is 13.9. The summed E-state index contributed by atoms with van der Waals surface area (Å²) in [5.41, 5.74) is 3.24. The van der Waals surface area contributed by atoms with Crippen LogP contribution in [-0.4, -0.2) is 56.3 Å². The zero-order chi connectivity index (χ0) is 28.2. The highest BCUT2D eigenvalue weighted by molar-refractivity contribution is 5.97. The second-order valence-electron chi connectivity index (χ2n) is 10.2. The number of phenols is 1. The maximum absolute atomic E-state index is 13.6. The van der Waals surface area contributed by atoms with E-state index >= 15 is 0 Å². The Labute approximate surface area is 237 Å². The minimum atomic E-state index is -0.379. The van der Waals surface area contributed by atoms with E-state index in [9.17, 15) is 14.7 Å². The van der Waals surface area contributed by atoms with Gasteiger partial charge in [0.2, 0.25) is 5.91 Å². The van der Waals surface area contributed by atoms with Crippen molar-refractivity contribution in [3.8, 4) is 23.0 Å². The number of benzene rings is 3. The molecule has 1 aromatic heterocycles. The van der Waals surface area contributed by atoms with Gasteiger partial charge in [-0.05, 0) is 78.4 Å². The number of nitrogens with zero attached hydrogens (tertiary/aromatic N) is 4. The molecular formula is C31H31N5O5. The lowest BCUT2D eigenvalue weighted by molar-refractivity contribution is -0.133. The Hall–Kier alpha value is -4.86. The minimum Gasteiger partial charge on any atom is -0.507 e. The van der Waals surface area contributed by atoms with Gasteiger partial charge in [0.25, 0.3) is 5.91 Å². The van der Waals surface area contributed by atoms with Crippen LogP contribution < -0.4 is 14.8 Å². The van der Waals surface area contributed by atoms with Crippen molar-refractivity contribution in [1.82, 2.24) is 25.0 Å². The topological polar surface area (TPSA) is 119 Å². The average molecular weight is 554 g/mol. The van der Waals surface area contributed by atoms with Gasteiger partial charge in [-0.15, -0.1) is 0 Å². The van der Waals surface area contributed by atoms with Gasteiger partial charge >= 0.3 is 0 Å². The predicted molar refractivity (Wildman–Crippen MR) is 150 cm³/mol. The fraction of sp³-hybridized carbons (Fsp3) is 0.290. The average Bonchev–Trinajstić information content (AvgIpc) is 3.50. The molecule has 0 saturated heterocycles. The summed E-state index contributed by atoms with van der Waals surface area (Å²) in [6, 6.07) is 18.1. The molecule has 0 saturated carbocycles. The van der Waals surface area contributed by atoms with E-state index in [2.05, 4.69) is 15.4 Å². The van der Waals surface area contributed by atoms with Crippen molar-refractivity contribution < 1.29 is 24.2 Å². The molecule has 10 nitrogen and oxygen atoms in total. The molecule has 0 radical (unpaired) electrons. The lowest BCUT2D eigenvalue weighted by Gasteiger charge is -2.38. The number of aryl methyl sites for hydroxylation is 1. The third-order valence-electron chi connectivity index (χ3n) is 7.41. The molecule has 1 unspecified atom stereocenters. The largest absolute Gasteiger partial charge is 0.507 e. The number of phenolic OH excluding ortho intramolecular Hbond substituents is 1. The third kappa shape index (κ3) is 5.86. The van der Waals surface area contributed by atoms with Crippen molar-refractivity contribution in [2.75, 3.05) is 19.7 Å². The molecule has 4 heterocycles. The number of hydrogen-bond donors (Lipinski definition) is 2. The Balaban J connectivity index is 1.33. The van der Waals surface area contributed by atoms with Crippen LogP contribution in [0.4, 0.5) is 0 Å². The van der Waals surface area contributed by atoms with Crippen LogP contribution >= 0.6 is 0 Å². The molecule has 10 heteroatoms. The molecule has 0 aliphatic carbocycles. The number of aromatic hydroxyl groups is 1. The maximum Gasteiger partial charge on any atom is 0.255 e. The number of carbonyl (C=O) groups excluding carboxylic acids is 2. The van der Waals surface area contributed by atoms with E-state index < -0.39 is 0 Å². The fourth-order valence-corrected chi connectivity index (χ4v) is 5.41. The number of nitrogens with one attached hydrogen (secondary N) is 1. The van der Waals surface area contributed by atoms with Gasteiger partial charge < -0.3 is 24.8 Å².